The molecular formula is C24H33N3O3S. The molecule has 3 heterocycles. The van der Waals surface area contributed by atoms with E-state index in [2.05, 4.69) is 0 Å². The maximum Gasteiger partial charge on any atom is 0.257 e. The first-order valence-electron chi connectivity index (χ1n) is 11.4. The third-order valence-electron chi connectivity index (χ3n) is 6.77. The minimum atomic E-state index is -3.80. The number of piperidine rings is 2. The number of hydrogen-bond donors (Lipinski definition) is 0. The Labute approximate surface area is 185 Å². The summed E-state index contributed by atoms with van der Waals surface area (Å²) in [7, 11) is -3.80. The van der Waals surface area contributed by atoms with Crippen molar-refractivity contribution in [1.29, 1.82) is 0 Å². The molecule has 168 valence electrons. The van der Waals surface area contributed by atoms with E-state index >= 15 is 0 Å². The second-order valence-electron chi connectivity index (χ2n) is 8.86. The number of likely N-dealkylation sites (tertiary alicyclic amines) is 1. The van der Waals surface area contributed by atoms with Crippen LogP contribution in [0, 0.1) is 13.8 Å². The largest absolute Gasteiger partial charge is 0.339 e. The second kappa shape index (κ2) is 8.79. The Morgan fingerprint density at radius 3 is 2.19 bits per heavy atom. The van der Waals surface area contributed by atoms with Crippen LogP contribution in [0.5, 0.6) is 0 Å². The molecule has 0 spiro atoms. The van der Waals surface area contributed by atoms with E-state index in [1.807, 2.05) is 60.6 Å². The Hall–Kier alpha value is -2.12. The molecule has 2 aliphatic heterocycles. The van der Waals surface area contributed by atoms with Crippen molar-refractivity contribution >= 4 is 15.9 Å². The highest BCUT2D eigenvalue weighted by Crippen LogP contribution is 2.35. The fraction of sp³-hybridized carbons (Fsp3) is 0.542. The molecule has 31 heavy (non-hydrogen) atoms. The van der Waals surface area contributed by atoms with Crippen LogP contribution in [0.2, 0.25) is 0 Å². The summed E-state index contributed by atoms with van der Waals surface area (Å²) in [5.41, 5.74) is 2.53. The summed E-state index contributed by atoms with van der Waals surface area (Å²) < 4.78 is 31.5. The molecule has 6 nitrogen and oxygen atoms in total. The van der Waals surface area contributed by atoms with Crippen LogP contribution in [0.15, 0.2) is 35.2 Å². The Balaban J connectivity index is 1.91. The summed E-state index contributed by atoms with van der Waals surface area (Å²) in [6.45, 7) is 7.56. The molecule has 0 unspecified atom stereocenters. The van der Waals surface area contributed by atoms with E-state index in [1.54, 1.807) is 4.31 Å². The molecule has 7 heteroatoms. The van der Waals surface area contributed by atoms with Gasteiger partial charge in [0.15, 0.2) is 0 Å². The SMILES string of the molecule is Cc1c(C(=O)N2CCCCC2)c(S(=O)(=O)N2CCCC[C@H]2C)c(C)n1-c1ccccc1. The first-order valence-corrected chi connectivity index (χ1v) is 12.9. The van der Waals surface area contributed by atoms with Crippen LogP contribution in [0.4, 0.5) is 0 Å². The normalized spacial score (nSPS) is 20.7. The standard InChI is InChI=1S/C24H33N3O3S/c1-18-12-8-11-17-26(18)31(29,30)23-20(3)27(21-13-6-4-7-14-21)19(2)22(23)24(28)25-15-9-5-10-16-25/h4,6-7,13-14,18H,5,8-12,15-17H2,1-3H3/t18-/m1/s1. The van der Waals surface area contributed by atoms with Crippen LogP contribution in [-0.4, -0.2) is 53.8 Å². The zero-order valence-corrected chi connectivity index (χ0v) is 19.6. The van der Waals surface area contributed by atoms with Gasteiger partial charge in [-0.15, -0.1) is 0 Å². The van der Waals surface area contributed by atoms with Gasteiger partial charge in [-0.25, -0.2) is 8.42 Å². The third kappa shape index (κ3) is 3.94. The fourth-order valence-corrected chi connectivity index (χ4v) is 7.28. The molecule has 2 saturated heterocycles. The molecule has 0 radical (unpaired) electrons. The van der Waals surface area contributed by atoms with Gasteiger partial charge in [-0.1, -0.05) is 24.6 Å². The van der Waals surface area contributed by atoms with Crippen LogP contribution in [0.3, 0.4) is 0 Å². The third-order valence-corrected chi connectivity index (χ3v) is 8.94. The maximum atomic E-state index is 14.0. The van der Waals surface area contributed by atoms with Gasteiger partial charge in [-0.05, 0) is 65.0 Å². The van der Waals surface area contributed by atoms with Crippen molar-refractivity contribution < 1.29 is 13.2 Å². The molecule has 0 N–H and O–H groups in total. The summed E-state index contributed by atoms with van der Waals surface area (Å²) in [5, 5.41) is 0. The number of para-hydroxylation sites is 1. The van der Waals surface area contributed by atoms with Gasteiger partial charge in [-0.3, -0.25) is 4.79 Å². The number of aromatic nitrogens is 1. The summed E-state index contributed by atoms with van der Waals surface area (Å²) in [5.74, 6) is -0.154. The van der Waals surface area contributed by atoms with Gasteiger partial charge in [0.25, 0.3) is 5.91 Å². The average molecular weight is 444 g/mol. The highest BCUT2D eigenvalue weighted by Gasteiger charge is 2.39. The van der Waals surface area contributed by atoms with Crippen LogP contribution in [0.25, 0.3) is 5.69 Å². The zero-order valence-electron chi connectivity index (χ0n) is 18.8. The van der Waals surface area contributed by atoms with Gasteiger partial charge in [0, 0.05) is 42.8 Å². The lowest BCUT2D eigenvalue weighted by atomic mass is 10.1. The highest BCUT2D eigenvalue weighted by atomic mass is 32.2. The van der Waals surface area contributed by atoms with Crippen LogP contribution in [-0.2, 0) is 10.0 Å². The van der Waals surface area contributed by atoms with Crippen LogP contribution >= 0.6 is 0 Å². The fourth-order valence-electron chi connectivity index (χ4n) is 5.14. The van der Waals surface area contributed by atoms with E-state index in [4.69, 9.17) is 0 Å². The van der Waals surface area contributed by atoms with E-state index in [1.165, 1.54) is 0 Å². The number of amides is 1. The first-order chi connectivity index (χ1) is 14.8. The smallest absolute Gasteiger partial charge is 0.257 e. The van der Waals surface area contributed by atoms with E-state index in [-0.39, 0.29) is 16.8 Å². The predicted octanol–water partition coefficient (Wildman–Crippen LogP) is 4.28. The first kappa shape index (κ1) is 22.1. The molecule has 2 fully saturated rings. The van der Waals surface area contributed by atoms with E-state index in [0.717, 1.165) is 44.2 Å². The summed E-state index contributed by atoms with van der Waals surface area (Å²) >= 11 is 0. The van der Waals surface area contributed by atoms with Gasteiger partial charge in [0.05, 0.1) is 5.56 Å². The minimum Gasteiger partial charge on any atom is -0.339 e. The Morgan fingerprint density at radius 2 is 1.55 bits per heavy atom. The predicted molar refractivity (Wildman–Crippen MR) is 122 cm³/mol. The van der Waals surface area contributed by atoms with Crippen molar-refractivity contribution in [2.75, 3.05) is 19.6 Å². The number of nitrogens with zero attached hydrogens (tertiary/aromatic N) is 3. The van der Waals surface area contributed by atoms with Crippen molar-refractivity contribution in [3.8, 4) is 5.69 Å². The molecule has 1 amide bonds. The number of sulfonamides is 1. The highest BCUT2D eigenvalue weighted by molar-refractivity contribution is 7.89. The van der Waals surface area contributed by atoms with Crippen LogP contribution in [0.1, 0.15) is 67.2 Å². The van der Waals surface area contributed by atoms with E-state index < -0.39 is 10.0 Å². The number of carbonyl (C=O) groups is 1. The average Bonchev–Trinajstić information content (AvgIpc) is 3.05. The lowest BCUT2D eigenvalue weighted by molar-refractivity contribution is 0.0719. The summed E-state index contributed by atoms with van der Waals surface area (Å²) in [4.78, 5) is 15.7. The van der Waals surface area contributed by atoms with Crippen molar-refractivity contribution in [2.24, 2.45) is 0 Å². The Kier molecular flexibility index (Phi) is 6.26. The van der Waals surface area contributed by atoms with E-state index in [0.29, 0.717) is 36.6 Å². The van der Waals surface area contributed by atoms with Gasteiger partial charge in [0.2, 0.25) is 10.0 Å². The van der Waals surface area contributed by atoms with Crippen molar-refractivity contribution in [3.63, 3.8) is 0 Å². The lowest BCUT2D eigenvalue weighted by Crippen LogP contribution is -2.43. The molecule has 0 saturated carbocycles. The Morgan fingerprint density at radius 1 is 0.903 bits per heavy atom. The molecule has 4 rings (SSSR count). The number of rotatable bonds is 4. The number of carbonyl (C=O) groups excluding carboxylic acids is 1. The lowest BCUT2D eigenvalue weighted by Gasteiger charge is -2.33. The molecule has 2 aliphatic rings. The second-order valence-corrected chi connectivity index (χ2v) is 10.7. The molecule has 1 atom stereocenters. The minimum absolute atomic E-state index is 0.0588. The van der Waals surface area contributed by atoms with Crippen LogP contribution < -0.4 is 0 Å². The van der Waals surface area contributed by atoms with Crippen molar-refractivity contribution in [3.05, 3.63) is 47.3 Å². The van der Waals surface area contributed by atoms with Gasteiger partial charge in [0.1, 0.15) is 4.90 Å². The molecule has 2 aromatic rings. The summed E-state index contributed by atoms with van der Waals surface area (Å²) in [6, 6.07) is 9.65. The monoisotopic (exact) mass is 443 g/mol. The number of benzene rings is 1. The molecule has 1 aromatic carbocycles. The molecule has 0 bridgehead atoms. The van der Waals surface area contributed by atoms with Gasteiger partial charge in [-0.2, -0.15) is 4.31 Å². The molecule has 0 aliphatic carbocycles. The molecular weight excluding hydrogens is 410 g/mol. The quantitative estimate of drug-likeness (QED) is 0.708. The van der Waals surface area contributed by atoms with Gasteiger partial charge >= 0.3 is 0 Å². The van der Waals surface area contributed by atoms with Crippen molar-refractivity contribution in [1.82, 2.24) is 13.8 Å². The maximum absolute atomic E-state index is 14.0. The van der Waals surface area contributed by atoms with Gasteiger partial charge < -0.3 is 9.47 Å². The van der Waals surface area contributed by atoms with E-state index in [9.17, 15) is 13.2 Å². The number of hydrogen-bond acceptors (Lipinski definition) is 3. The Bertz CT molecular complexity index is 1050. The summed E-state index contributed by atoms with van der Waals surface area (Å²) in [6.07, 6.45) is 5.80. The zero-order chi connectivity index (χ0) is 22.2. The van der Waals surface area contributed by atoms with Crippen molar-refractivity contribution in [2.45, 2.75) is 70.2 Å². The topological polar surface area (TPSA) is 62.6 Å². The molecule has 1 aromatic heterocycles.